The Morgan fingerprint density at radius 1 is 0.929 bits per heavy atom. The Bertz CT molecular complexity index is 772. The Kier molecular flexibility index (Phi) is 6.07. The molecule has 0 spiro atoms. The van der Waals surface area contributed by atoms with E-state index < -0.39 is 0 Å². The first-order valence-electron chi connectivity index (χ1n) is 10.4. The number of amides is 1. The van der Waals surface area contributed by atoms with Crippen LogP contribution in [0.25, 0.3) is 0 Å². The molecule has 0 saturated carbocycles. The van der Waals surface area contributed by atoms with E-state index in [1.165, 1.54) is 23.8 Å². The largest absolute Gasteiger partial charge is 0.447 e. The number of benzene rings is 1. The molecule has 2 aromatic rings. The van der Waals surface area contributed by atoms with E-state index in [4.69, 9.17) is 4.42 Å². The summed E-state index contributed by atoms with van der Waals surface area (Å²) in [5.74, 6) is 0.657. The van der Waals surface area contributed by atoms with E-state index in [1.54, 1.807) is 0 Å². The lowest BCUT2D eigenvalue weighted by molar-refractivity contribution is 0.0718. The number of rotatable bonds is 5. The summed E-state index contributed by atoms with van der Waals surface area (Å²) in [7, 11) is 0. The molecule has 0 unspecified atom stereocenters. The van der Waals surface area contributed by atoms with Crippen LogP contribution in [0.3, 0.4) is 0 Å². The van der Waals surface area contributed by atoms with Crippen molar-refractivity contribution >= 4 is 5.91 Å². The van der Waals surface area contributed by atoms with Gasteiger partial charge < -0.3 is 9.32 Å². The number of hydrogen-bond donors (Lipinski definition) is 0. The van der Waals surface area contributed by atoms with Crippen LogP contribution in [0, 0.1) is 6.92 Å². The zero-order chi connectivity index (χ0) is 19.3. The van der Waals surface area contributed by atoms with Crippen LogP contribution >= 0.6 is 0 Å². The van der Waals surface area contributed by atoms with Crippen molar-refractivity contribution in [3.63, 3.8) is 0 Å². The van der Waals surface area contributed by atoms with Crippen molar-refractivity contribution in [2.45, 2.75) is 39.3 Å². The van der Waals surface area contributed by atoms with Gasteiger partial charge in [0.2, 0.25) is 5.89 Å². The van der Waals surface area contributed by atoms with Crippen molar-refractivity contribution in [2.24, 2.45) is 0 Å². The zero-order valence-corrected chi connectivity index (χ0v) is 16.8. The molecule has 6 nitrogen and oxygen atoms in total. The number of likely N-dealkylation sites (tertiary alicyclic amines) is 1. The Labute approximate surface area is 167 Å². The van der Waals surface area contributed by atoms with Gasteiger partial charge in [-0.25, -0.2) is 4.98 Å². The molecule has 1 aromatic carbocycles. The van der Waals surface area contributed by atoms with E-state index in [-0.39, 0.29) is 5.91 Å². The summed E-state index contributed by atoms with van der Waals surface area (Å²) in [6.45, 7) is 9.52. The fourth-order valence-corrected chi connectivity index (χ4v) is 3.99. The molecule has 2 saturated heterocycles. The molecule has 0 radical (unpaired) electrons. The SMILES string of the molecule is Cc1ccc(CN2CCN(Cc3nc(C(=O)N4CCCCC4)co3)CC2)cc1. The normalized spacial score (nSPS) is 19.1. The summed E-state index contributed by atoms with van der Waals surface area (Å²) in [5.41, 5.74) is 3.13. The Balaban J connectivity index is 1.25. The summed E-state index contributed by atoms with van der Waals surface area (Å²) in [4.78, 5) is 23.7. The highest BCUT2D eigenvalue weighted by molar-refractivity contribution is 5.92. The topological polar surface area (TPSA) is 52.8 Å². The molecular formula is C22H30N4O2. The molecule has 28 heavy (non-hydrogen) atoms. The monoisotopic (exact) mass is 382 g/mol. The van der Waals surface area contributed by atoms with Gasteiger partial charge in [0.1, 0.15) is 6.26 Å². The number of aromatic nitrogens is 1. The molecule has 1 amide bonds. The minimum Gasteiger partial charge on any atom is -0.447 e. The maximum Gasteiger partial charge on any atom is 0.275 e. The van der Waals surface area contributed by atoms with Crippen molar-refractivity contribution < 1.29 is 9.21 Å². The molecule has 150 valence electrons. The second kappa shape index (κ2) is 8.88. The number of carbonyl (C=O) groups excluding carboxylic acids is 1. The molecular weight excluding hydrogens is 352 g/mol. The zero-order valence-electron chi connectivity index (χ0n) is 16.8. The third kappa shape index (κ3) is 4.80. The van der Waals surface area contributed by atoms with Gasteiger partial charge >= 0.3 is 0 Å². The number of aryl methyl sites for hydroxylation is 1. The Morgan fingerprint density at radius 2 is 1.57 bits per heavy atom. The van der Waals surface area contributed by atoms with Crippen LogP contribution < -0.4 is 0 Å². The summed E-state index contributed by atoms with van der Waals surface area (Å²) >= 11 is 0. The highest BCUT2D eigenvalue weighted by atomic mass is 16.3. The van der Waals surface area contributed by atoms with E-state index in [9.17, 15) is 4.79 Å². The van der Waals surface area contributed by atoms with Crippen LogP contribution in [0.5, 0.6) is 0 Å². The minimum absolute atomic E-state index is 0.0117. The predicted octanol–water partition coefficient (Wildman–Crippen LogP) is 2.93. The highest BCUT2D eigenvalue weighted by Gasteiger charge is 2.23. The van der Waals surface area contributed by atoms with E-state index in [0.717, 1.165) is 58.7 Å². The molecule has 2 fully saturated rings. The fourth-order valence-electron chi connectivity index (χ4n) is 3.99. The maximum atomic E-state index is 12.5. The molecule has 0 aliphatic carbocycles. The van der Waals surface area contributed by atoms with Gasteiger partial charge in [-0.15, -0.1) is 0 Å². The van der Waals surface area contributed by atoms with Gasteiger partial charge in [-0.1, -0.05) is 29.8 Å². The Hall–Kier alpha value is -2.18. The second-order valence-electron chi connectivity index (χ2n) is 8.02. The van der Waals surface area contributed by atoms with Crippen molar-refractivity contribution in [3.05, 3.63) is 53.2 Å². The number of oxazole rings is 1. The molecule has 2 aliphatic rings. The first-order chi connectivity index (χ1) is 13.7. The van der Waals surface area contributed by atoms with Crippen molar-refractivity contribution in [3.8, 4) is 0 Å². The lowest BCUT2D eigenvalue weighted by Crippen LogP contribution is -2.45. The number of piperazine rings is 1. The minimum atomic E-state index is 0.0117. The van der Waals surface area contributed by atoms with Crippen molar-refractivity contribution in [2.75, 3.05) is 39.3 Å². The first-order valence-corrected chi connectivity index (χ1v) is 10.4. The predicted molar refractivity (Wildman–Crippen MR) is 108 cm³/mol. The molecule has 0 bridgehead atoms. The number of piperidine rings is 1. The van der Waals surface area contributed by atoms with Crippen molar-refractivity contribution in [1.29, 1.82) is 0 Å². The molecule has 3 heterocycles. The van der Waals surface area contributed by atoms with Crippen LogP contribution in [-0.4, -0.2) is 64.9 Å². The van der Waals surface area contributed by atoms with Gasteiger partial charge in [-0.2, -0.15) is 0 Å². The van der Waals surface area contributed by atoms with Crippen LogP contribution in [0.15, 0.2) is 34.9 Å². The summed E-state index contributed by atoms with van der Waals surface area (Å²) in [6, 6.07) is 8.79. The summed E-state index contributed by atoms with van der Waals surface area (Å²) in [6.07, 6.45) is 4.91. The summed E-state index contributed by atoms with van der Waals surface area (Å²) < 4.78 is 5.60. The van der Waals surface area contributed by atoms with Gasteiger partial charge in [0.15, 0.2) is 5.69 Å². The van der Waals surface area contributed by atoms with E-state index in [0.29, 0.717) is 18.1 Å². The summed E-state index contributed by atoms with van der Waals surface area (Å²) in [5, 5.41) is 0. The third-order valence-corrected chi connectivity index (χ3v) is 5.76. The third-order valence-electron chi connectivity index (χ3n) is 5.76. The van der Waals surface area contributed by atoms with Gasteiger partial charge in [0.25, 0.3) is 5.91 Å². The average Bonchev–Trinajstić information content (AvgIpc) is 3.20. The standard InChI is InChI=1S/C22H30N4O2/c1-18-5-7-19(8-6-18)15-24-11-13-25(14-12-24)16-21-23-20(17-28-21)22(27)26-9-3-2-4-10-26/h5-8,17H,2-4,9-16H2,1H3. The molecule has 1 aromatic heterocycles. The molecule has 0 atom stereocenters. The Morgan fingerprint density at radius 3 is 2.25 bits per heavy atom. The molecule has 0 N–H and O–H groups in total. The van der Waals surface area contributed by atoms with Gasteiger partial charge in [0, 0.05) is 45.8 Å². The van der Waals surface area contributed by atoms with Crippen LogP contribution in [0.4, 0.5) is 0 Å². The van der Waals surface area contributed by atoms with Gasteiger partial charge in [-0.05, 0) is 31.7 Å². The number of hydrogen-bond acceptors (Lipinski definition) is 5. The van der Waals surface area contributed by atoms with Crippen molar-refractivity contribution in [1.82, 2.24) is 19.7 Å². The fraction of sp³-hybridized carbons (Fsp3) is 0.545. The van der Waals surface area contributed by atoms with E-state index in [1.807, 2.05) is 4.90 Å². The first kappa shape index (κ1) is 19.2. The number of carbonyl (C=O) groups is 1. The van der Waals surface area contributed by atoms with E-state index in [2.05, 4.69) is 46.0 Å². The molecule has 6 heteroatoms. The van der Waals surface area contributed by atoms with Crippen LogP contribution in [0.2, 0.25) is 0 Å². The smallest absolute Gasteiger partial charge is 0.275 e. The van der Waals surface area contributed by atoms with Gasteiger partial charge in [0.05, 0.1) is 6.54 Å². The molecule has 2 aliphatic heterocycles. The second-order valence-corrected chi connectivity index (χ2v) is 8.02. The maximum absolute atomic E-state index is 12.5. The van der Waals surface area contributed by atoms with Gasteiger partial charge in [-0.3, -0.25) is 14.6 Å². The van der Waals surface area contributed by atoms with Crippen LogP contribution in [-0.2, 0) is 13.1 Å². The quantitative estimate of drug-likeness (QED) is 0.796. The van der Waals surface area contributed by atoms with E-state index >= 15 is 0 Å². The number of nitrogens with zero attached hydrogens (tertiary/aromatic N) is 4. The average molecular weight is 383 g/mol. The lowest BCUT2D eigenvalue weighted by Gasteiger charge is -2.34. The van der Waals surface area contributed by atoms with Crippen LogP contribution in [0.1, 0.15) is 46.8 Å². The lowest BCUT2D eigenvalue weighted by atomic mass is 10.1. The highest BCUT2D eigenvalue weighted by Crippen LogP contribution is 2.15. The molecule has 4 rings (SSSR count).